The Balaban J connectivity index is 1.98. The molecule has 0 aromatic carbocycles. The van der Waals surface area contributed by atoms with Crippen LogP contribution in [0.5, 0.6) is 0 Å². The van der Waals surface area contributed by atoms with E-state index in [1.807, 2.05) is 0 Å². The van der Waals surface area contributed by atoms with E-state index < -0.39 is 12.2 Å². The number of nitrogens with two attached hydrogens (primary N) is 1. The van der Waals surface area contributed by atoms with E-state index in [1.165, 1.54) is 0 Å². The normalized spacial score (nSPS) is 16.2. The van der Waals surface area contributed by atoms with Crippen LogP contribution in [-0.4, -0.2) is 44.5 Å². The van der Waals surface area contributed by atoms with Gasteiger partial charge in [0.15, 0.2) is 0 Å². The van der Waals surface area contributed by atoms with E-state index in [-0.39, 0.29) is 19.3 Å². The predicted octanol–water partition coefficient (Wildman–Crippen LogP) is -0.0500. The Morgan fingerprint density at radius 3 is 2.53 bits per heavy atom. The molecule has 1 heterocycles. The first-order valence-corrected chi connectivity index (χ1v) is 5.74. The Labute approximate surface area is 100 Å². The van der Waals surface area contributed by atoms with E-state index in [0.29, 0.717) is 6.42 Å². The zero-order chi connectivity index (χ0) is 12.5. The van der Waals surface area contributed by atoms with E-state index in [0.717, 1.165) is 25.9 Å². The van der Waals surface area contributed by atoms with Gasteiger partial charge in [-0.2, -0.15) is 0 Å². The highest BCUT2D eigenvalue weighted by Crippen LogP contribution is 2.02. The molecule has 7 heteroatoms. The van der Waals surface area contributed by atoms with Crippen molar-refractivity contribution < 1.29 is 19.1 Å². The number of carbonyl (C=O) groups excluding carboxylic acids is 2. The summed E-state index contributed by atoms with van der Waals surface area (Å²) in [6.07, 6.45) is 1.04. The van der Waals surface area contributed by atoms with Crippen molar-refractivity contribution in [1.82, 2.24) is 10.6 Å². The minimum atomic E-state index is -0.816. The van der Waals surface area contributed by atoms with Crippen molar-refractivity contribution in [3.05, 3.63) is 0 Å². The van der Waals surface area contributed by atoms with Crippen molar-refractivity contribution in [2.24, 2.45) is 5.73 Å². The Hall–Kier alpha value is -1.50. The minimum absolute atomic E-state index is 0.163. The number of alkyl carbamates (subject to hydrolysis) is 1. The molecule has 0 aromatic rings. The van der Waals surface area contributed by atoms with Gasteiger partial charge >= 0.3 is 12.2 Å². The topological polar surface area (TPSA) is 103 Å². The van der Waals surface area contributed by atoms with E-state index in [1.54, 1.807) is 0 Å². The molecule has 17 heavy (non-hydrogen) atoms. The average molecular weight is 245 g/mol. The highest BCUT2D eigenvalue weighted by atomic mass is 16.6. The van der Waals surface area contributed by atoms with Crippen LogP contribution in [0.1, 0.15) is 19.3 Å². The van der Waals surface area contributed by atoms with Crippen molar-refractivity contribution in [2.75, 3.05) is 26.3 Å². The third kappa shape index (κ3) is 6.62. The summed E-state index contributed by atoms with van der Waals surface area (Å²) in [5, 5.41) is 5.99. The second kappa shape index (κ2) is 7.72. The summed E-state index contributed by atoms with van der Waals surface area (Å²) < 4.78 is 9.42. The van der Waals surface area contributed by atoms with Crippen LogP contribution in [0.25, 0.3) is 0 Å². The molecule has 2 amide bonds. The van der Waals surface area contributed by atoms with Gasteiger partial charge in [-0.1, -0.05) is 0 Å². The molecule has 1 fully saturated rings. The molecule has 0 radical (unpaired) electrons. The zero-order valence-electron chi connectivity index (χ0n) is 9.74. The maximum atomic E-state index is 11.3. The Kier molecular flexibility index (Phi) is 6.16. The standard InChI is InChI=1S/C10H19N3O4/c11-9(14)16-6-1-7-17-10(15)13-8-2-4-12-5-3-8/h8,12H,1-7H2,(H2,11,14)(H,13,15). The van der Waals surface area contributed by atoms with Crippen molar-refractivity contribution >= 4 is 12.2 Å². The van der Waals surface area contributed by atoms with Crippen LogP contribution in [0, 0.1) is 0 Å². The lowest BCUT2D eigenvalue weighted by atomic mass is 10.1. The highest BCUT2D eigenvalue weighted by Gasteiger charge is 2.15. The molecule has 0 spiro atoms. The first-order chi connectivity index (χ1) is 8.18. The summed E-state index contributed by atoms with van der Waals surface area (Å²) in [5.74, 6) is 0. The molecule has 1 aliphatic heterocycles. The van der Waals surface area contributed by atoms with Gasteiger partial charge in [0.2, 0.25) is 0 Å². The van der Waals surface area contributed by atoms with Crippen LogP contribution in [0.3, 0.4) is 0 Å². The molecule has 0 aliphatic carbocycles. The molecule has 0 aromatic heterocycles. The SMILES string of the molecule is NC(=O)OCCCOC(=O)NC1CCNCC1. The van der Waals surface area contributed by atoms with Crippen LogP contribution in [-0.2, 0) is 9.47 Å². The number of primary amides is 1. The lowest BCUT2D eigenvalue weighted by Crippen LogP contribution is -2.43. The fraction of sp³-hybridized carbons (Fsp3) is 0.800. The summed E-state index contributed by atoms with van der Waals surface area (Å²) in [4.78, 5) is 21.6. The van der Waals surface area contributed by atoms with Crippen LogP contribution in [0.2, 0.25) is 0 Å². The fourth-order valence-electron chi connectivity index (χ4n) is 1.57. The van der Waals surface area contributed by atoms with Crippen molar-refractivity contribution in [1.29, 1.82) is 0 Å². The molecular formula is C10H19N3O4. The number of amides is 2. The van der Waals surface area contributed by atoms with E-state index in [4.69, 9.17) is 10.5 Å². The van der Waals surface area contributed by atoms with Gasteiger partial charge in [-0.3, -0.25) is 0 Å². The van der Waals surface area contributed by atoms with Crippen LogP contribution >= 0.6 is 0 Å². The molecule has 7 nitrogen and oxygen atoms in total. The molecule has 98 valence electrons. The second-order valence-corrected chi connectivity index (χ2v) is 3.83. The fourth-order valence-corrected chi connectivity index (χ4v) is 1.57. The van der Waals surface area contributed by atoms with Gasteiger partial charge in [-0.15, -0.1) is 0 Å². The predicted molar refractivity (Wildman–Crippen MR) is 60.5 cm³/mol. The number of piperidine rings is 1. The summed E-state index contributed by atoms with van der Waals surface area (Å²) in [6.45, 7) is 2.20. The van der Waals surface area contributed by atoms with E-state index in [2.05, 4.69) is 15.4 Å². The molecule has 1 aliphatic rings. The maximum Gasteiger partial charge on any atom is 0.407 e. The van der Waals surface area contributed by atoms with E-state index >= 15 is 0 Å². The first kappa shape index (κ1) is 13.6. The van der Waals surface area contributed by atoms with Gasteiger partial charge in [0.25, 0.3) is 0 Å². The van der Waals surface area contributed by atoms with Crippen molar-refractivity contribution in [3.63, 3.8) is 0 Å². The lowest BCUT2D eigenvalue weighted by molar-refractivity contribution is 0.119. The zero-order valence-corrected chi connectivity index (χ0v) is 9.74. The molecule has 0 saturated carbocycles. The molecular weight excluding hydrogens is 226 g/mol. The van der Waals surface area contributed by atoms with Gasteiger partial charge in [0, 0.05) is 12.5 Å². The van der Waals surface area contributed by atoms with Gasteiger partial charge in [-0.25, -0.2) is 9.59 Å². The summed E-state index contributed by atoms with van der Waals surface area (Å²) in [7, 11) is 0. The Morgan fingerprint density at radius 2 is 1.88 bits per heavy atom. The lowest BCUT2D eigenvalue weighted by Gasteiger charge is -2.23. The third-order valence-corrected chi connectivity index (χ3v) is 2.43. The van der Waals surface area contributed by atoms with Crippen molar-refractivity contribution in [3.8, 4) is 0 Å². The monoisotopic (exact) mass is 245 g/mol. The number of hydrogen-bond acceptors (Lipinski definition) is 5. The van der Waals surface area contributed by atoms with Crippen molar-refractivity contribution in [2.45, 2.75) is 25.3 Å². The van der Waals surface area contributed by atoms with Crippen LogP contribution < -0.4 is 16.4 Å². The van der Waals surface area contributed by atoms with Crippen LogP contribution in [0.15, 0.2) is 0 Å². The van der Waals surface area contributed by atoms with E-state index in [9.17, 15) is 9.59 Å². The minimum Gasteiger partial charge on any atom is -0.450 e. The number of carbonyl (C=O) groups is 2. The van der Waals surface area contributed by atoms with Gasteiger partial charge in [0.1, 0.15) is 0 Å². The largest absolute Gasteiger partial charge is 0.450 e. The van der Waals surface area contributed by atoms with Crippen LogP contribution in [0.4, 0.5) is 9.59 Å². The molecule has 1 saturated heterocycles. The van der Waals surface area contributed by atoms with Gasteiger partial charge in [-0.05, 0) is 25.9 Å². The number of hydrogen-bond donors (Lipinski definition) is 3. The average Bonchev–Trinajstić information content (AvgIpc) is 2.29. The number of rotatable bonds is 5. The molecule has 1 rings (SSSR count). The van der Waals surface area contributed by atoms with Gasteiger partial charge in [0.05, 0.1) is 13.2 Å². The third-order valence-electron chi connectivity index (χ3n) is 2.43. The number of ether oxygens (including phenoxy) is 2. The first-order valence-electron chi connectivity index (χ1n) is 5.74. The maximum absolute atomic E-state index is 11.3. The molecule has 0 unspecified atom stereocenters. The second-order valence-electron chi connectivity index (χ2n) is 3.83. The molecule has 4 N–H and O–H groups in total. The molecule has 0 atom stereocenters. The summed E-state index contributed by atoms with van der Waals surface area (Å²) in [5.41, 5.74) is 4.77. The smallest absolute Gasteiger partial charge is 0.407 e. The quantitative estimate of drug-likeness (QED) is 0.589. The Morgan fingerprint density at radius 1 is 1.24 bits per heavy atom. The summed E-state index contributed by atoms with van der Waals surface area (Å²) in [6, 6.07) is 0.186. The van der Waals surface area contributed by atoms with Gasteiger partial charge < -0.3 is 25.8 Å². The highest BCUT2D eigenvalue weighted by molar-refractivity contribution is 5.67. The number of nitrogens with one attached hydrogen (secondary N) is 2. The molecule has 0 bridgehead atoms. The Bertz CT molecular complexity index is 254. The summed E-state index contributed by atoms with van der Waals surface area (Å²) >= 11 is 0.